The lowest BCUT2D eigenvalue weighted by Gasteiger charge is -2.28. The number of carboxylic acid groups (broad SMARTS) is 1. The fourth-order valence-corrected chi connectivity index (χ4v) is 4.66. The first-order valence-electron chi connectivity index (χ1n) is 11.4. The first-order valence-corrected chi connectivity index (χ1v) is 11.4. The molecule has 2 aliphatic rings. The highest BCUT2D eigenvalue weighted by molar-refractivity contribution is 5.84. The second-order valence-corrected chi connectivity index (χ2v) is 8.50. The Bertz CT molecular complexity index is 539. The maximum atomic E-state index is 12.1. The van der Waals surface area contributed by atoms with Crippen LogP contribution in [0.5, 0.6) is 0 Å². The average molecular weight is 411 g/mol. The summed E-state index contributed by atoms with van der Waals surface area (Å²) in [5.74, 6) is -0.102. The van der Waals surface area contributed by atoms with Crippen LogP contribution in [0.15, 0.2) is 0 Å². The lowest BCUT2D eigenvalue weighted by molar-refractivity contribution is -0.137. The number of hydrogen-bond donors (Lipinski definition) is 3. The molecule has 0 aromatic rings. The van der Waals surface area contributed by atoms with Gasteiger partial charge in [-0.1, -0.05) is 39.0 Å². The molecule has 0 aromatic carbocycles. The van der Waals surface area contributed by atoms with E-state index in [0.29, 0.717) is 30.9 Å². The van der Waals surface area contributed by atoms with Crippen LogP contribution in [0.1, 0.15) is 84.0 Å². The maximum absolute atomic E-state index is 12.1. The van der Waals surface area contributed by atoms with E-state index in [2.05, 4.69) is 17.6 Å². The Labute approximate surface area is 174 Å². The van der Waals surface area contributed by atoms with Gasteiger partial charge in [0.15, 0.2) is 0 Å². The third kappa shape index (κ3) is 8.33. The smallest absolute Gasteiger partial charge is 0.303 e. The standard InChI is InChI=1S/C22H38N2O5/c1-2-3-6-10-20(25)24-15-21(26)23-14-17-16(18-12-13-19(17)29-18)9-7-4-5-8-11-22(27)28/h16-19H,2-15H2,1H3,(H,23,26)(H,24,25)(H,27,28)/t16-,17+,18-,19+/m1/s1. The summed E-state index contributed by atoms with van der Waals surface area (Å²) in [6, 6.07) is 0. The minimum absolute atomic E-state index is 0.0425. The van der Waals surface area contributed by atoms with Crippen molar-refractivity contribution < 1.29 is 24.2 Å². The largest absolute Gasteiger partial charge is 0.481 e. The summed E-state index contributed by atoms with van der Waals surface area (Å²) in [6.07, 6.45) is 11.3. The predicted octanol–water partition coefficient (Wildman–Crippen LogP) is 3.02. The van der Waals surface area contributed by atoms with Crippen molar-refractivity contribution in [3.63, 3.8) is 0 Å². The second-order valence-electron chi connectivity index (χ2n) is 8.50. The predicted molar refractivity (Wildman–Crippen MR) is 110 cm³/mol. The molecule has 2 bridgehead atoms. The van der Waals surface area contributed by atoms with Crippen LogP contribution >= 0.6 is 0 Å². The SMILES string of the molecule is CCCCCC(=O)NCC(=O)NC[C@H]1[C@@H](CCCCCCC(=O)O)[C@H]2CC[C@@H]1O2. The normalized spacial score (nSPS) is 25.1. The van der Waals surface area contributed by atoms with Gasteiger partial charge >= 0.3 is 5.97 Å². The first-order chi connectivity index (χ1) is 14.0. The third-order valence-electron chi connectivity index (χ3n) is 6.26. The molecule has 2 aliphatic heterocycles. The lowest BCUT2D eigenvalue weighted by Crippen LogP contribution is -2.42. The van der Waals surface area contributed by atoms with E-state index in [4.69, 9.17) is 9.84 Å². The van der Waals surface area contributed by atoms with Gasteiger partial charge in [-0.2, -0.15) is 0 Å². The van der Waals surface area contributed by atoms with Crippen molar-refractivity contribution in [1.29, 1.82) is 0 Å². The molecule has 0 aromatic heterocycles. The summed E-state index contributed by atoms with van der Waals surface area (Å²) in [7, 11) is 0. The van der Waals surface area contributed by atoms with Crippen molar-refractivity contribution in [1.82, 2.24) is 10.6 Å². The van der Waals surface area contributed by atoms with E-state index in [0.717, 1.165) is 64.2 Å². The number of ether oxygens (including phenoxy) is 1. The molecule has 0 radical (unpaired) electrons. The van der Waals surface area contributed by atoms with Crippen molar-refractivity contribution in [2.45, 2.75) is 96.2 Å². The highest BCUT2D eigenvalue weighted by atomic mass is 16.5. The van der Waals surface area contributed by atoms with Gasteiger partial charge in [-0.05, 0) is 38.0 Å². The van der Waals surface area contributed by atoms with Crippen molar-refractivity contribution >= 4 is 17.8 Å². The fourth-order valence-electron chi connectivity index (χ4n) is 4.66. The van der Waals surface area contributed by atoms with Gasteiger partial charge in [0.05, 0.1) is 18.8 Å². The highest BCUT2D eigenvalue weighted by Gasteiger charge is 2.48. The van der Waals surface area contributed by atoms with Gasteiger partial charge in [0.2, 0.25) is 11.8 Å². The monoisotopic (exact) mass is 410 g/mol. The summed E-state index contributed by atoms with van der Waals surface area (Å²) < 4.78 is 6.09. The molecular formula is C22H38N2O5. The topological polar surface area (TPSA) is 105 Å². The molecule has 7 nitrogen and oxygen atoms in total. The molecule has 29 heavy (non-hydrogen) atoms. The Kier molecular flexibility index (Phi) is 10.5. The fraction of sp³-hybridized carbons (Fsp3) is 0.864. The summed E-state index contributed by atoms with van der Waals surface area (Å²) in [5, 5.41) is 14.4. The molecule has 0 spiro atoms. The van der Waals surface area contributed by atoms with Crippen LogP contribution in [0.3, 0.4) is 0 Å². The number of carbonyl (C=O) groups is 3. The zero-order valence-corrected chi connectivity index (χ0v) is 17.8. The molecule has 0 aliphatic carbocycles. The Morgan fingerprint density at radius 1 is 0.862 bits per heavy atom. The number of amides is 2. The van der Waals surface area contributed by atoms with E-state index in [1.165, 1.54) is 0 Å². The first kappa shape index (κ1) is 23.6. The molecular weight excluding hydrogens is 372 g/mol. The average Bonchev–Trinajstić information content (AvgIpc) is 3.29. The third-order valence-corrected chi connectivity index (χ3v) is 6.26. The van der Waals surface area contributed by atoms with Crippen LogP contribution in [0.25, 0.3) is 0 Å². The van der Waals surface area contributed by atoms with E-state index in [1.54, 1.807) is 0 Å². The van der Waals surface area contributed by atoms with Crippen molar-refractivity contribution in [3.8, 4) is 0 Å². The van der Waals surface area contributed by atoms with Crippen molar-refractivity contribution in [2.75, 3.05) is 13.1 Å². The number of fused-ring (bicyclic) bond motifs is 2. The minimum Gasteiger partial charge on any atom is -0.481 e. The minimum atomic E-state index is -0.723. The Morgan fingerprint density at radius 2 is 1.55 bits per heavy atom. The van der Waals surface area contributed by atoms with Crippen molar-refractivity contribution in [3.05, 3.63) is 0 Å². The van der Waals surface area contributed by atoms with Gasteiger partial charge in [0.1, 0.15) is 0 Å². The Hall–Kier alpha value is -1.63. The molecule has 3 N–H and O–H groups in total. The van der Waals surface area contributed by atoms with Crippen LogP contribution in [0.2, 0.25) is 0 Å². The van der Waals surface area contributed by atoms with Crippen LogP contribution in [-0.2, 0) is 19.1 Å². The summed E-state index contributed by atoms with van der Waals surface area (Å²) in [4.78, 5) is 34.4. The number of nitrogens with one attached hydrogen (secondary N) is 2. The number of carbonyl (C=O) groups excluding carboxylic acids is 2. The second kappa shape index (κ2) is 12.8. The molecule has 2 rings (SSSR count). The van der Waals surface area contributed by atoms with Crippen LogP contribution in [0, 0.1) is 11.8 Å². The highest BCUT2D eigenvalue weighted by Crippen LogP contribution is 2.45. The molecule has 0 unspecified atom stereocenters. The Balaban J connectivity index is 1.63. The molecule has 2 amide bonds. The molecule has 4 atom stereocenters. The van der Waals surface area contributed by atoms with E-state index >= 15 is 0 Å². The zero-order chi connectivity index (χ0) is 21.1. The van der Waals surface area contributed by atoms with E-state index in [-0.39, 0.29) is 30.9 Å². The number of unbranched alkanes of at least 4 members (excludes halogenated alkanes) is 5. The van der Waals surface area contributed by atoms with Crippen LogP contribution in [0.4, 0.5) is 0 Å². The lowest BCUT2D eigenvalue weighted by atomic mass is 9.76. The summed E-state index contributed by atoms with van der Waals surface area (Å²) in [6.45, 7) is 2.74. The van der Waals surface area contributed by atoms with Crippen LogP contribution in [-0.4, -0.2) is 48.2 Å². The number of hydrogen-bond acceptors (Lipinski definition) is 4. The van der Waals surface area contributed by atoms with Crippen LogP contribution < -0.4 is 10.6 Å². The van der Waals surface area contributed by atoms with E-state index in [1.807, 2.05) is 0 Å². The van der Waals surface area contributed by atoms with Gasteiger partial charge < -0.3 is 20.5 Å². The Morgan fingerprint density at radius 3 is 2.28 bits per heavy atom. The van der Waals surface area contributed by atoms with E-state index < -0.39 is 5.97 Å². The maximum Gasteiger partial charge on any atom is 0.303 e. The number of carboxylic acids is 1. The van der Waals surface area contributed by atoms with Crippen molar-refractivity contribution in [2.24, 2.45) is 11.8 Å². The molecule has 7 heteroatoms. The molecule has 0 saturated carbocycles. The van der Waals surface area contributed by atoms with Gasteiger partial charge in [-0.15, -0.1) is 0 Å². The van der Waals surface area contributed by atoms with Gasteiger partial charge in [-0.3, -0.25) is 14.4 Å². The molecule has 2 heterocycles. The molecule has 166 valence electrons. The summed E-state index contributed by atoms with van der Waals surface area (Å²) >= 11 is 0. The zero-order valence-electron chi connectivity index (χ0n) is 17.8. The number of aliphatic carboxylic acids is 1. The van der Waals surface area contributed by atoms with E-state index in [9.17, 15) is 14.4 Å². The summed E-state index contributed by atoms with van der Waals surface area (Å²) in [5.41, 5.74) is 0. The molecule has 2 fully saturated rings. The molecule has 2 saturated heterocycles. The number of rotatable bonds is 15. The quantitative estimate of drug-likeness (QED) is 0.360. The van der Waals surface area contributed by atoms with Gasteiger partial charge in [0, 0.05) is 25.3 Å². The van der Waals surface area contributed by atoms with Gasteiger partial charge in [0.25, 0.3) is 0 Å². The van der Waals surface area contributed by atoms with Gasteiger partial charge in [-0.25, -0.2) is 0 Å².